The van der Waals surface area contributed by atoms with Gasteiger partial charge in [0.15, 0.2) is 11.6 Å². The highest BCUT2D eigenvalue weighted by atomic mass is 32.2. The van der Waals surface area contributed by atoms with E-state index in [-0.39, 0.29) is 0 Å². The molecule has 2 rings (SSSR count). The van der Waals surface area contributed by atoms with Gasteiger partial charge in [0.2, 0.25) is 0 Å². The summed E-state index contributed by atoms with van der Waals surface area (Å²) in [4.78, 5) is 4.07. The number of hydrogen-bond donors (Lipinski definition) is 1. The Kier molecular flexibility index (Phi) is 3.58. The molecule has 5 heteroatoms. The molecule has 0 aliphatic carbocycles. The highest BCUT2D eigenvalue weighted by Crippen LogP contribution is 2.26. The molecule has 1 heterocycles. The maximum atomic E-state index is 13.4. The first-order valence-electron chi connectivity index (χ1n) is 4.94. The summed E-state index contributed by atoms with van der Waals surface area (Å²) in [5.74, 6) is -1.35. The zero-order valence-corrected chi connectivity index (χ0v) is 9.68. The second-order valence-electron chi connectivity index (χ2n) is 3.40. The van der Waals surface area contributed by atoms with E-state index in [1.54, 1.807) is 24.4 Å². The summed E-state index contributed by atoms with van der Waals surface area (Å²) in [5, 5.41) is 0.621. The van der Waals surface area contributed by atoms with Crippen LogP contribution in [-0.2, 0) is 5.75 Å². The predicted octanol–water partition coefficient (Wildman–Crippen LogP) is 3.23. The Morgan fingerprint density at radius 2 is 2.00 bits per heavy atom. The zero-order chi connectivity index (χ0) is 12.3. The number of nitrogen functional groups attached to an aromatic ring is 1. The summed E-state index contributed by atoms with van der Waals surface area (Å²) in [6.07, 6.45) is 1.61. The van der Waals surface area contributed by atoms with Crippen LogP contribution in [0.2, 0.25) is 0 Å². The van der Waals surface area contributed by atoms with Crippen molar-refractivity contribution in [1.82, 2.24) is 4.98 Å². The molecule has 88 valence electrons. The van der Waals surface area contributed by atoms with Crippen molar-refractivity contribution in [2.24, 2.45) is 0 Å². The summed E-state index contributed by atoms with van der Waals surface area (Å²) in [7, 11) is 0. The minimum Gasteiger partial charge on any atom is -0.397 e. The van der Waals surface area contributed by atoms with Crippen molar-refractivity contribution in [3.05, 3.63) is 53.7 Å². The average molecular weight is 252 g/mol. The Morgan fingerprint density at radius 1 is 1.18 bits per heavy atom. The van der Waals surface area contributed by atoms with Crippen LogP contribution < -0.4 is 5.73 Å². The second kappa shape index (κ2) is 5.14. The van der Waals surface area contributed by atoms with E-state index in [0.717, 1.165) is 6.07 Å². The van der Waals surface area contributed by atoms with E-state index in [1.165, 1.54) is 17.8 Å². The van der Waals surface area contributed by atoms with Crippen LogP contribution in [0, 0.1) is 11.6 Å². The lowest BCUT2D eigenvalue weighted by atomic mass is 10.2. The van der Waals surface area contributed by atoms with Crippen molar-refractivity contribution in [3.63, 3.8) is 0 Å². The van der Waals surface area contributed by atoms with Crippen LogP contribution in [0.25, 0.3) is 0 Å². The van der Waals surface area contributed by atoms with Crippen molar-refractivity contribution in [1.29, 1.82) is 0 Å². The highest BCUT2D eigenvalue weighted by molar-refractivity contribution is 7.98. The average Bonchev–Trinajstić information content (AvgIpc) is 2.33. The number of hydrogen-bond acceptors (Lipinski definition) is 3. The molecule has 0 spiro atoms. The summed E-state index contributed by atoms with van der Waals surface area (Å²) in [6.45, 7) is 0. The van der Waals surface area contributed by atoms with Gasteiger partial charge in [0.05, 0.1) is 5.69 Å². The maximum absolute atomic E-state index is 13.4. The molecule has 0 atom stereocenters. The van der Waals surface area contributed by atoms with E-state index in [1.807, 2.05) is 0 Å². The van der Waals surface area contributed by atoms with Gasteiger partial charge in [-0.15, -0.1) is 0 Å². The zero-order valence-electron chi connectivity index (χ0n) is 8.86. The summed E-state index contributed by atoms with van der Waals surface area (Å²) in [5.41, 5.74) is 6.54. The highest BCUT2D eigenvalue weighted by Gasteiger charge is 2.09. The van der Waals surface area contributed by atoms with E-state index in [2.05, 4.69) is 4.98 Å². The van der Waals surface area contributed by atoms with Crippen molar-refractivity contribution >= 4 is 17.4 Å². The third-order valence-electron chi connectivity index (χ3n) is 2.20. The van der Waals surface area contributed by atoms with Gasteiger partial charge >= 0.3 is 0 Å². The molecule has 1 aromatic carbocycles. The molecule has 2 nitrogen and oxygen atoms in total. The molecule has 0 unspecified atom stereocenters. The lowest BCUT2D eigenvalue weighted by Crippen LogP contribution is -1.94. The first-order chi connectivity index (χ1) is 8.18. The second-order valence-corrected chi connectivity index (χ2v) is 4.36. The molecule has 2 aromatic rings. The summed E-state index contributed by atoms with van der Waals surface area (Å²) >= 11 is 1.28. The number of thioether (sulfide) groups is 1. The van der Waals surface area contributed by atoms with E-state index < -0.39 is 11.6 Å². The first kappa shape index (κ1) is 11.9. The van der Waals surface area contributed by atoms with Gasteiger partial charge in [-0.3, -0.25) is 0 Å². The molecule has 0 aliphatic heterocycles. The number of rotatable bonds is 3. The molecule has 0 fully saturated rings. The lowest BCUT2D eigenvalue weighted by Gasteiger charge is -2.05. The van der Waals surface area contributed by atoms with Crippen molar-refractivity contribution in [2.45, 2.75) is 10.8 Å². The molecule has 0 saturated carbocycles. The quantitative estimate of drug-likeness (QED) is 0.852. The molecular weight excluding hydrogens is 242 g/mol. The first-order valence-corrected chi connectivity index (χ1v) is 5.93. The van der Waals surface area contributed by atoms with Crippen LogP contribution in [0.5, 0.6) is 0 Å². The fourth-order valence-corrected chi connectivity index (χ4v) is 2.22. The van der Waals surface area contributed by atoms with Gasteiger partial charge in [-0.05, 0) is 18.2 Å². The van der Waals surface area contributed by atoms with Gasteiger partial charge in [0, 0.05) is 17.5 Å². The molecule has 1 aromatic heterocycles. The number of nitrogens with zero attached hydrogens (tertiary/aromatic N) is 1. The maximum Gasteiger partial charge on any atom is 0.162 e. The number of benzene rings is 1. The molecular formula is C12H10F2N2S. The van der Waals surface area contributed by atoms with E-state index in [0.29, 0.717) is 22.0 Å². The van der Waals surface area contributed by atoms with Crippen molar-refractivity contribution < 1.29 is 8.78 Å². The molecule has 2 N–H and O–H groups in total. The smallest absolute Gasteiger partial charge is 0.162 e. The summed E-state index contributed by atoms with van der Waals surface area (Å²) < 4.78 is 26.3. The predicted molar refractivity (Wildman–Crippen MR) is 64.6 cm³/mol. The molecule has 0 bridgehead atoms. The third-order valence-corrected chi connectivity index (χ3v) is 3.27. The van der Waals surface area contributed by atoms with Crippen molar-refractivity contribution in [3.8, 4) is 0 Å². The van der Waals surface area contributed by atoms with Crippen molar-refractivity contribution in [2.75, 3.05) is 5.73 Å². The number of aromatic nitrogens is 1. The van der Waals surface area contributed by atoms with Crippen LogP contribution in [0.1, 0.15) is 5.56 Å². The Morgan fingerprint density at radius 3 is 2.76 bits per heavy atom. The Bertz CT molecular complexity index is 532. The van der Waals surface area contributed by atoms with E-state index in [4.69, 9.17) is 5.73 Å². The number of pyridine rings is 1. The fourth-order valence-electron chi connectivity index (χ4n) is 1.33. The minimum atomic E-state index is -0.836. The number of nitrogens with two attached hydrogens (primary N) is 1. The van der Waals surface area contributed by atoms with Crippen LogP contribution >= 0.6 is 11.8 Å². The normalized spacial score (nSPS) is 10.5. The monoisotopic (exact) mass is 252 g/mol. The van der Waals surface area contributed by atoms with Gasteiger partial charge in [0.25, 0.3) is 0 Å². The largest absolute Gasteiger partial charge is 0.397 e. The Hall–Kier alpha value is -1.62. The minimum absolute atomic E-state index is 0.296. The van der Waals surface area contributed by atoms with E-state index >= 15 is 0 Å². The van der Waals surface area contributed by atoms with Crippen LogP contribution in [0.3, 0.4) is 0 Å². The van der Waals surface area contributed by atoms with Gasteiger partial charge in [-0.2, -0.15) is 0 Å². The van der Waals surface area contributed by atoms with Gasteiger partial charge in [-0.1, -0.05) is 23.9 Å². The van der Waals surface area contributed by atoms with Crippen LogP contribution in [0.4, 0.5) is 14.5 Å². The van der Waals surface area contributed by atoms with Gasteiger partial charge < -0.3 is 5.73 Å². The standard InChI is InChI=1S/C12H10F2N2S/c13-9-4-1-3-8(11(9)14)7-17-12-10(15)5-2-6-16-12/h1-6H,7,15H2. The SMILES string of the molecule is Nc1cccnc1SCc1cccc(F)c1F. The van der Waals surface area contributed by atoms with Crippen LogP contribution in [-0.4, -0.2) is 4.98 Å². The van der Waals surface area contributed by atoms with Gasteiger partial charge in [-0.25, -0.2) is 13.8 Å². The number of anilines is 1. The lowest BCUT2D eigenvalue weighted by molar-refractivity contribution is 0.502. The molecule has 0 radical (unpaired) electrons. The molecule has 0 amide bonds. The Labute approximate surface area is 102 Å². The van der Waals surface area contributed by atoms with Crippen LogP contribution in [0.15, 0.2) is 41.6 Å². The third kappa shape index (κ3) is 2.74. The van der Waals surface area contributed by atoms with Gasteiger partial charge in [0.1, 0.15) is 5.03 Å². The fraction of sp³-hybridized carbons (Fsp3) is 0.0833. The van der Waals surface area contributed by atoms with E-state index in [9.17, 15) is 8.78 Å². The molecule has 0 aliphatic rings. The molecule has 17 heavy (non-hydrogen) atoms. The topological polar surface area (TPSA) is 38.9 Å². The Balaban J connectivity index is 2.13. The molecule has 0 saturated heterocycles. The number of halogens is 2. The summed E-state index contributed by atoms with van der Waals surface area (Å²) in [6, 6.07) is 7.57.